The van der Waals surface area contributed by atoms with E-state index in [4.69, 9.17) is 21.1 Å². The number of carbonyl (C=O) groups excluding carboxylic acids is 2. The lowest BCUT2D eigenvalue weighted by molar-refractivity contribution is -0.122. The van der Waals surface area contributed by atoms with Gasteiger partial charge in [0.25, 0.3) is 5.91 Å². The van der Waals surface area contributed by atoms with Crippen LogP contribution in [0.1, 0.15) is 19.4 Å². The van der Waals surface area contributed by atoms with Crippen molar-refractivity contribution in [2.45, 2.75) is 20.0 Å². The molecule has 0 saturated heterocycles. The lowest BCUT2D eigenvalue weighted by Crippen LogP contribution is -2.30. The van der Waals surface area contributed by atoms with Gasteiger partial charge in [-0.25, -0.2) is 0 Å². The normalized spacial score (nSPS) is 11.6. The maximum Gasteiger partial charge on any atom is 0.265 e. The molecule has 3 aromatic rings. The first-order chi connectivity index (χ1) is 15.9. The van der Waals surface area contributed by atoms with E-state index < -0.39 is 6.10 Å². The lowest BCUT2D eigenvalue weighted by atomic mass is 10.2. The largest absolute Gasteiger partial charge is 0.494 e. The number of ether oxygens (including phenoxy) is 2. The second kappa shape index (κ2) is 11.7. The van der Waals surface area contributed by atoms with Crippen molar-refractivity contribution >= 4 is 40.9 Å². The highest BCUT2D eigenvalue weighted by atomic mass is 35.5. The second-order valence-corrected chi connectivity index (χ2v) is 7.49. The van der Waals surface area contributed by atoms with Gasteiger partial charge in [-0.3, -0.25) is 9.59 Å². The van der Waals surface area contributed by atoms with E-state index >= 15 is 0 Å². The van der Waals surface area contributed by atoms with Gasteiger partial charge in [-0.2, -0.15) is 0 Å². The molecule has 0 saturated carbocycles. The number of halogens is 1. The highest BCUT2D eigenvalue weighted by Crippen LogP contribution is 2.24. The third-order valence-electron chi connectivity index (χ3n) is 4.55. The Balaban J connectivity index is 1.50. The highest BCUT2D eigenvalue weighted by Gasteiger charge is 2.16. The molecular formula is C26H25ClN2O4. The van der Waals surface area contributed by atoms with Crippen LogP contribution in [-0.4, -0.2) is 24.5 Å². The van der Waals surface area contributed by atoms with Crippen molar-refractivity contribution in [2.24, 2.45) is 0 Å². The summed E-state index contributed by atoms with van der Waals surface area (Å²) in [6.45, 7) is 4.18. The molecule has 2 N–H and O–H groups in total. The number of amides is 2. The Bertz CT molecular complexity index is 1110. The molecule has 0 radical (unpaired) electrons. The summed E-state index contributed by atoms with van der Waals surface area (Å²) in [4.78, 5) is 24.6. The Hall–Kier alpha value is -3.77. The minimum absolute atomic E-state index is 0.262. The number of nitrogens with one attached hydrogen (secondary N) is 2. The number of benzene rings is 3. The maximum absolute atomic E-state index is 12.4. The predicted molar refractivity (Wildman–Crippen MR) is 132 cm³/mol. The van der Waals surface area contributed by atoms with Gasteiger partial charge < -0.3 is 20.1 Å². The Morgan fingerprint density at radius 3 is 2.21 bits per heavy atom. The number of anilines is 2. The van der Waals surface area contributed by atoms with E-state index in [1.165, 1.54) is 6.08 Å². The SMILES string of the molecule is CCOc1ccc(/C=C/C(=O)Nc2ccc(NC(=O)C(C)Oc3ccccc3Cl)cc2)cc1. The van der Waals surface area contributed by atoms with Crippen LogP contribution >= 0.6 is 11.6 Å². The van der Waals surface area contributed by atoms with E-state index in [2.05, 4.69) is 10.6 Å². The second-order valence-electron chi connectivity index (χ2n) is 7.08. The van der Waals surface area contributed by atoms with Gasteiger partial charge >= 0.3 is 0 Å². The zero-order chi connectivity index (χ0) is 23.6. The summed E-state index contributed by atoms with van der Waals surface area (Å²) in [5.41, 5.74) is 2.08. The van der Waals surface area contributed by atoms with Crippen LogP contribution in [0.4, 0.5) is 11.4 Å². The fourth-order valence-electron chi connectivity index (χ4n) is 2.86. The topological polar surface area (TPSA) is 76.7 Å². The summed E-state index contributed by atoms with van der Waals surface area (Å²) in [6, 6.07) is 21.2. The number of para-hydroxylation sites is 1. The van der Waals surface area contributed by atoms with Crippen LogP contribution in [0.5, 0.6) is 11.5 Å². The first-order valence-corrected chi connectivity index (χ1v) is 10.9. The third-order valence-corrected chi connectivity index (χ3v) is 4.86. The molecule has 6 nitrogen and oxygen atoms in total. The van der Waals surface area contributed by atoms with Crippen molar-refractivity contribution in [2.75, 3.05) is 17.2 Å². The minimum Gasteiger partial charge on any atom is -0.494 e. The smallest absolute Gasteiger partial charge is 0.265 e. The van der Waals surface area contributed by atoms with E-state index in [9.17, 15) is 9.59 Å². The predicted octanol–water partition coefficient (Wildman–Crippen LogP) is 5.80. The molecule has 0 heterocycles. The average molecular weight is 465 g/mol. The molecule has 0 fully saturated rings. The first-order valence-electron chi connectivity index (χ1n) is 10.5. The molecule has 0 aliphatic heterocycles. The van der Waals surface area contributed by atoms with Crippen LogP contribution in [0.2, 0.25) is 5.02 Å². The van der Waals surface area contributed by atoms with Gasteiger partial charge in [0, 0.05) is 17.5 Å². The van der Waals surface area contributed by atoms with E-state index in [-0.39, 0.29) is 11.8 Å². The quantitative estimate of drug-likeness (QED) is 0.392. The molecule has 1 atom stereocenters. The zero-order valence-electron chi connectivity index (χ0n) is 18.4. The summed E-state index contributed by atoms with van der Waals surface area (Å²) in [7, 11) is 0. The Labute approximate surface area is 198 Å². The van der Waals surface area contributed by atoms with Crippen LogP contribution < -0.4 is 20.1 Å². The van der Waals surface area contributed by atoms with E-state index in [0.29, 0.717) is 28.8 Å². The molecule has 0 spiro atoms. The molecule has 7 heteroatoms. The Morgan fingerprint density at radius 2 is 1.58 bits per heavy atom. The molecule has 1 unspecified atom stereocenters. The van der Waals surface area contributed by atoms with Crippen LogP contribution in [-0.2, 0) is 9.59 Å². The zero-order valence-corrected chi connectivity index (χ0v) is 19.1. The Kier molecular flexibility index (Phi) is 8.49. The van der Waals surface area contributed by atoms with Gasteiger partial charge in [-0.1, -0.05) is 35.9 Å². The lowest BCUT2D eigenvalue weighted by Gasteiger charge is -2.15. The summed E-state index contributed by atoms with van der Waals surface area (Å²) >= 11 is 6.07. The average Bonchev–Trinajstić information content (AvgIpc) is 2.81. The van der Waals surface area contributed by atoms with Crippen molar-refractivity contribution in [3.63, 3.8) is 0 Å². The van der Waals surface area contributed by atoms with Crippen molar-refractivity contribution in [3.05, 3.63) is 89.5 Å². The number of rotatable bonds is 9. The van der Waals surface area contributed by atoms with Crippen molar-refractivity contribution in [1.29, 1.82) is 0 Å². The fourth-order valence-corrected chi connectivity index (χ4v) is 3.04. The standard InChI is InChI=1S/C26H25ClN2O4/c1-3-32-22-15-8-19(9-16-22)10-17-25(30)28-20-11-13-21(14-12-20)29-26(31)18(2)33-24-7-5-4-6-23(24)27/h4-18H,3H2,1-2H3,(H,28,30)(H,29,31)/b17-10+. The molecular weight excluding hydrogens is 440 g/mol. The molecule has 0 bridgehead atoms. The summed E-state index contributed by atoms with van der Waals surface area (Å²) < 4.78 is 11.0. The maximum atomic E-state index is 12.4. The molecule has 0 aliphatic rings. The van der Waals surface area contributed by atoms with Gasteiger partial charge in [0.05, 0.1) is 11.6 Å². The third kappa shape index (κ3) is 7.40. The molecule has 170 valence electrons. The minimum atomic E-state index is -0.739. The van der Waals surface area contributed by atoms with Crippen LogP contribution in [0.15, 0.2) is 78.9 Å². The first kappa shape index (κ1) is 23.9. The van der Waals surface area contributed by atoms with Gasteiger partial charge in [-0.15, -0.1) is 0 Å². The Morgan fingerprint density at radius 1 is 0.939 bits per heavy atom. The van der Waals surface area contributed by atoms with Gasteiger partial charge in [0.15, 0.2) is 6.10 Å². The highest BCUT2D eigenvalue weighted by molar-refractivity contribution is 6.32. The molecule has 2 amide bonds. The van der Waals surface area contributed by atoms with E-state index in [1.807, 2.05) is 31.2 Å². The van der Waals surface area contributed by atoms with Gasteiger partial charge in [0.2, 0.25) is 5.91 Å². The van der Waals surface area contributed by atoms with E-state index in [0.717, 1.165) is 11.3 Å². The molecule has 0 aliphatic carbocycles. The van der Waals surface area contributed by atoms with Gasteiger partial charge in [0.1, 0.15) is 11.5 Å². The van der Waals surface area contributed by atoms with Crippen molar-refractivity contribution in [1.82, 2.24) is 0 Å². The van der Waals surface area contributed by atoms with Crippen LogP contribution in [0.25, 0.3) is 6.08 Å². The fraction of sp³-hybridized carbons (Fsp3) is 0.154. The van der Waals surface area contributed by atoms with Gasteiger partial charge in [-0.05, 0) is 74.0 Å². The molecule has 33 heavy (non-hydrogen) atoms. The van der Waals surface area contributed by atoms with E-state index in [1.54, 1.807) is 61.5 Å². The van der Waals surface area contributed by atoms with Crippen LogP contribution in [0.3, 0.4) is 0 Å². The van der Waals surface area contributed by atoms with Crippen molar-refractivity contribution < 1.29 is 19.1 Å². The number of hydrogen-bond donors (Lipinski definition) is 2. The summed E-state index contributed by atoms with van der Waals surface area (Å²) in [5, 5.41) is 6.00. The van der Waals surface area contributed by atoms with Crippen LogP contribution in [0, 0.1) is 0 Å². The summed E-state index contributed by atoms with van der Waals surface area (Å²) in [5.74, 6) is 0.654. The molecule has 0 aromatic heterocycles. The number of hydrogen-bond acceptors (Lipinski definition) is 4. The monoisotopic (exact) mass is 464 g/mol. The molecule has 3 rings (SSSR count). The molecule has 3 aromatic carbocycles. The number of carbonyl (C=O) groups is 2. The van der Waals surface area contributed by atoms with Crippen molar-refractivity contribution in [3.8, 4) is 11.5 Å². The summed E-state index contributed by atoms with van der Waals surface area (Å²) in [6.07, 6.45) is 2.44.